The topological polar surface area (TPSA) is 64.3 Å². The van der Waals surface area contributed by atoms with E-state index < -0.39 is 0 Å². The highest BCUT2D eigenvalue weighted by Crippen LogP contribution is 2.20. The fourth-order valence-corrected chi connectivity index (χ4v) is 1.70. The lowest BCUT2D eigenvalue weighted by atomic mass is 9.93. The Morgan fingerprint density at radius 3 is 2.54 bits per heavy atom. The second kappa shape index (κ2) is 5.19. The average Bonchev–Trinajstić information content (AvgIpc) is 2.19. The Bertz CT molecular complexity index is 165. The molecule has 0 bridgehead atoms. The van der Waals surface area contributed by atoms with Crippen molar-refractivity contribution in [2.24, 2.45) is 5.73 Å². The van der Waals surface area contributed by atoms with E-state index >= 15 is 0 Å². The summed E-state index contributed by atoms with van der Waals surface area (Å²) in [6.07, 6.45) is 4.17. The summed E-state index contributed by atoms with van der Waals surface area (Å²) >= 11 is 0. The minimum absolute atomic E-state index is 0.00798. The van der Waals surface area contributed by atoms with Gasteiger partial charge in [-0.25, -0.2) is 0 Å². The van der Waals surface area contributed by atoms with Crippen molar-refractivity contribution in [3.8, 4) is 0 Å². The predicted octanol–water partition coefficient (Wildman–Crippen LogP) is 0.0189. The van der Waals surface area contributed by atoms with E-state index in [2.05, 4.69) is 5.32 Å². The van der Waals surface area contributed by atoms with Crippen molar-refractivity contribution in [3.05, 3.63) is 0 Å². The number of ether oxygens (including phenoxy) is 1. The second-order valence-corrected chi connectivity index (χ2v) is 3.46. The molecule has 0 saturated heterocycles. The molecule has 0 aromatic carbocycles. The molecule has 0 spiro atoms. The summed E-state index contributed by atoms with van der Waals surface area (Å²) in [7, 11) is 1.97. The Hall–Kier alpha value is -0.610. The van der Waals surface area contributed by atoms with Crippen molar-refractivity contribution >= 4 is 5.97 Å². The largest absolute Gasteiger partial charge is 0.461 e. The van der Waals surface area contributed by atoms with E-state index in [1.165, 1.54) is 0 Å². The molecule has 1 saturated carbocycles. The summed E-state index contributed by atoms with van der Waals surface area (Å²) in [5.41, 5.74) is 5.16. The Labute approximate surface area is 78.8 Å². The fraction of sp³-hybridized carbons (Fsp3) is 0.889. The van der Waals surface area contributed by atoms with Crippen LogP contribution in [-0.2, 0) is 9.53 Å². The van der Waals surface area contributed by atoms with Gasteiger partial charge >= 0.3 is 5.97 Å². The number of carbonyl (C=O) groups is 1. The zero-order valence-electron chi connectivity index (χ0n) is 8.08. The number of carbonyl (C=O) groups excluding carboxylic acids is 1. The Kier molecular flexibility index (Phi) is 4.18. The summed E-state index contributed by atoms with van der Waals surface area (Å²) in [6.45, 7) is -0.00798. The molecule has 1 fully saturated rings. The van der Waals surface area contributed by atoms with Crippen LogP contribution in [0.2, 0.25) is 0 Å². The second-order valence-electron chi connectivity index (χ2n) is 3.46. The molecule has 3 N–H and O–H groups in total. The number of nitrogens with one attached hydrogen (secondary N) is 1. The minimum atomic E-state index is -0.284. The predicted molar refractivity (Wildman–Crippen MR) is 50.3 cm³/mol. The monoisotopic (exact) mass is 186 g/mol. The molecule has 1 aliphatic rings. The molecule has 4 nitrogen and oxygen atoms in total. The van der Waals surface area contributed by atoms with E-state index in [0.717, 1.165) is 25.7 Å². The van der Waals surface area contributed by atoms with Crippen LogP contribution in [0.15, 0.2) is 0 Å². The first-order valence-corrected chi connectivity index (χ1v) is 4.83. The molecular weight excluding hydrogens is 168 g/mol. The van der Waals surface area contributed by atoms with Crippen LogP contribution in [0, 0.1) is 0 Å². The lowest BCUT2D eigenvalue weighted by Crippen LogP contribution is -2.34. The molecule has 4 heteroatoms. The number of hydrogen-bond acceptors (Lipinski definition) is 4. The molecule has 0 atom stereocenters. The van der Waals surface area contributed by atoms with Crippen LogP contribution < -0.4 is 11.1 Å². The van der Waals surface area contributed by atoms with Crippen LogP contribution in [-0.4, -0.2) is 31.7 Å². The van der Waals surface area contributed by atoms with Gasteiger partial charge in [-0.15, -0.1) is 0 Å². The van der Waals surface area contributed by atoms with Crippen molar-refractivity contribution in [2.75, 3.05) is 13.6 Å². The van der Waals surface area contributed by atoms with Gasteiger partial charge < -0.3 is 15.8 Å². The Morgan fingerprint density at radius 2 is 2.08 bits per heavy atom. The highest BCUT2D eigenvalue weighted by molar-refractivity contribution is 5.71. The molecule has 76 valence electrons. The third-order valence-electron chi connectivity index (χ3n) is 2.55. The van der Waals surface area contributed by atoms with Crippen molar-refractivity contribution in [1.29, 1.82) is 0 Å². The molecule has 0 aromatic heterocycles. The van der Waals surface area contributed by atoms with Crippen LogP contribution in [0.3, 0.4) is 0 Å². The molecule has 0 heterocycles. The summed E-state index contributed by atoms with van der Waals surface area (Å²) < 4.78 is 5.14. The van der Waals surface area contributed by atoms with E-state index in [0.29, 0.717) is 6.04 Å². The van der Waals surface area contributed by atoms with Gasteiger partial charge in [-0.1, -0.05) is 0 Å². The summed E-state index contributed by atoms with van der Waals surface area (Å²) in [4.78, 5) is 10.9. The third kappa shape index (κ3) is 3.32. The quantitative estimate of drug-likeness (QED) is 0.610. The first-order valence-electron chi connectivity index (χ1n) is 4.83. The van der Waals surface area contributed by atoms with Crippen LogP contribution in [0.5, 0.6) is 0 Å². The SMILES string of the molecule is CN[C@H]1CC[C@H](OC(=O)CN)CC1. The third-order valence-corrected chi connectivity index (χ3v) is 2.55. The van der Waals surface area contributed by atoms with E-state index in [1.807, 2.05) is 7.05 Å². The van der Waals surface area contributed by atoms with E-state index in [4.69, 9.17) is 10.5 Å². The Balaban J connectivity index is 2.21. The van der Waals surface area contributed by atoms with Crippen molar-refractivity contribution < 1.29 is 9.53 Å². The van der Waals surface area contributed by atoms with Gasteiger partial charge in [-0.2, -0.15) is 0 Å². The highest BCUT2D eigenvalue weighted by Gasteiger charge is 2.22. The normalized spacial score (nSPS) is 28.5. The van der Waals surface area contributed by atoms with Crippen molar-refractivity contribution in [3.63, 3.8) is 0 Å². The maximum absolute atomic E-state index is 10.9. The van der Waals surface area contributed by atoms with Gasteiger partial charge in [0.05, 0.1) is 6.54 Å². The minimum Gasteiger partial charge on any atom is -0.461 e. The van der Waals surface area contributed by atoms with Gasteiger partial charge in [-0.3, -0.25) is 4.79 Å². The molecule has 13 heavy (non-hydrogen) atoms. The van der Waals surface area contributed by atoms with Crippen molar-refractivity contribution in [2.45, 2.75) is 37.8 Å². The smallest absolute Gasteiger partial charge is 0.319 e. The van der Waals surface area contributed by atoms with Gasteiger partial charge in [-0.05, 0) is 32.7 Å². The van der Waals surface area contributed by atoms with Crippen LogP contribution in [0.25, 0.3) is 0 Å². The van der Waals surface area contributed by atoms with E-state index in [1.54, 1.807) is 0 Å². The van der Waals surface area contributed by atoms with E-state index in [-0.39, 0.29) is 18.6 Å². The highest BCUT2D eigenvalue weighted by atomic mass is 16.5. The fourth-order valence-electron chi connectivity index (χ4n) is 1.70. The zero-order chi connectivity index (χ0) is 9.68. The standard InChI is InChI=1S/C9H18N2O2/c1-11-7-2-4-8(5-3-7)13-9(12)6-10/h7-8,11H,2-6,10H2,1H3/t7-,8-. The van der Waals surface area contributed by atoms with Crippen LogP contribution in [0.1, 0.15) is 25.7 Å². The summed E-state index contributed by atoms with van der Waals surface area (Å²) in [6, 6.07) is 0.591. The molecule has 0 unspecified atom stereocenters. The molecule has 0 radical (unpaired) electrons. The molecule has 0 amide bonds. The van der Waals surface area contributed by atoms with Gasteiger partial charge in [0.1, 0.15) is 6.10 Å². The summed E-state index contributed by atoms with van der Waals surface area (Å²) in [5, 5.41) is 3.23. The average molecular weight is 186 g/mol. The molecule has 1 aliphatic carbocycles. The van der Waals surface area contributed by atoms with Gasteiger partial charge in [0.15, 0.2) is 0 Å². The van der Waals surface area contributed by atoms with E-state index in [9.17, 15) is 4.79 Å². The lowest BCUT2D eigenvalue weighted by molar-refractivity contribution is -0.148. The molecular formula is C9H18N2O2. The summed E-state index contributed by atoms with van der Waals surface area (Å²) in [5.74, 6) is -0.284. The van der Waals surface area contributed by atoms with Gasteiger partial charge in [0, 0.05) is 6.04 Å². The van der Waals surface area contributed by atoms with Crippen molar-refractivity contribution in [1.82, 2.24) is 5.32 Å². The Morgan fingerprint density at radius 1 is 1.46 bits per heavy atom. The number of hydrogen-bond donors (Lipinski definition) is 2. The van der Waals surface area contributed by atoms with Gasteiger partial charge in [0.25, 0.3) is 0 Å². The molecule has 1 rings (SSSR count). The molecule has 0 aromatic rings. The zero-order valence-corrected chi connectivity index (χ0v) is 8.08. The van der Waals surface area contributed by atoms with Gasteiger partial charge in [0.2, 0.25) is 0 Å². The maximum atomic E-state index is 10.9. The number of rotatable bonds is 3. The maximum Gasteiger partial charge on any atom is 0.319 e. The first-order chi connectivity index (χ1) is 6.26. The van der Waals surface area contributed by atoms with Crippen LogP contribution in [0.4, 0.5) is 0 Å². The lowest BCUT2D eigenvalue weighted by Gasteiger charge is -2.27. The number of esters is 1. The van der Waals surface area contributed by atoms with Crippen LogP contribution >= 0.6 is 0 Å². The molecule has 0 aliphatic heterocycles. The first kappa shape index (κ1) is 10.5. The number of nitrogens with two attached hydrogens (primary N) is 1.